The third-order valence-corrected chi connectivity index (χ3v) is 1.25. The molecule has 0 radical (unpaired) electrons. The number of carbonyl (C=O) groups excluding carboxylic acids is 1. The van der Waals surface area contributed by atoms with Crippen LogP contribution in [0.2, 0.25) is 0 Å². The van der Waals surface area contributed by atoms with E-state index in [4.69, 9.17) is 5.26 Å². The van der Waals surface area contributed by atoms with Crippen LogP contribution in [-0.2, 0) is 6.42 Å². The molecule has 0 spiro atoms. The van der Waals surface area contributed by atoms with Gasteiger partial charge in [-0.05, 0) is 17.7 Å². The number of aldehydes is 1. The molecule has 0 N–H and O–H groups in total. The summed E-state index contributed by atoms with van der Waals surface area (Å²) in [6, 6.07) is 5.32. The monoisotopic (exact) mass is 146 g/mol. The van der Waals surface area contributed by atoms with Crippen molar-refractivity contribution in [3.63, 3.8) is 0 Å². The lowest BCUT2D eigenvalue weighted by molar-refractivity contribution is 0.111. The van der Waals surface area contributed by atoms with Crippen molar-refractivity contribution >= 4 is 6.29 Å². The molecule has 0 fully saturated rings. The van der Waals surface area contributed by atoms with Gasteiger partial charge >= 0.3 is 0 Å². The van der Waals surface area contributed by atoms with Gasteiger partial charge in [0.1, 0.15) is 5.69 Å². The smallest absolute Gasteiger partial charge is 0.168 e. The van der Waals surface area contributed by atoms with Crippen molar-refractivity contribution < 1.29 is 4.79 Å². The molecule has 54 valence electrons. The van der Waals surface area contributed by atoms with Crippen LogP contribution in [0.3, 0.4) is 0 Å². The number of hydrogen-bond acceptors (Lipinski definition) is 3. The zero-order valence-electron chi connectivity index (χ0n) is 5.82. The zero-order chi connectivity index (χ0) is 8.10. The Morgan fingerprint density at radius 2 is 2.55 bits per heavy atom. The van der Waals surface area contributed by atoms with Crippen LogP contribution >= 0.6 is 0 Å². The highest BCUT2D eigenvalue weighted by atomic mass is 16.1. The second-order valence-electron chi connectivity index (χ2n) is 2.04. The molecule has 1 aromatic rings. The van der Waals surface area contributed by atoms with E-state index in [2.05, 4.69) is 4.98 Å². The molecule has 0 aromatic carbocycles. The minimum absolute atomic E-state index is 0.323. The van der Waals surface area contributed by atoms with Crippen molar-refractivity contribution in [2.45, 2.75) is 6.42 Å². The van der Waals surface area contributed by atoms with Crippen LogP contribution < -0.4 is 0 Å². The zero-order valence-corrected chi connectivity index (χ0v) is 5.82. The van der Waals surface area contributed by atoms with Crippen LogP contribution in [0.1, 0.15) is 16.1 Å². The fraction of sp³-hybridized carbons (Fsp3) is 0.125. The summed E-state index contributed by atoms with van der Waals surface area (Å²) in [5.74, 6) is 0. The highest BCUT2D eigenvalue weighted by molar-refractivity contribution is 5.71. The molecule has 1 aromatic heterocycles. The topological polar surface area (TPSA) is 53.8 Å². The van der Waals surface area contributed by atoms with Gasteiger partial charge in [0, 0.05) is 6.20 Å². The first-order valence-electron chi connectivity index (χ1n) is 3.14. The number of hydrogen-bond donors (Lipinski definition) is 0. The molecule has 0 amide bonds. The van der Waals surface area contributed by atoms with Crippen LogP contribution in [0.5, 0.6) is 0 Å². The molecular weight excluding hydrogens is 140 g/mol. The average Bonchev–Trinajstić information content (AvgIpc) is 2.06. The van der Waals surface area contributed by atoms with E-state index in [9.17, 15) is 4.79 Å². The number of carbonyl (C=O) groups is 1. The van der Waals surface area contributed by atoms with Gasteiger partial charge in [-0.1, -0.05) is 0 Å². The van der Waals surface area contributed by atoms with E-state index >= 15 is 0 Å². The predicted octanol–water partition coefficient (Wildman–Crippen LogP) is 0.960. The highest BCUT2D eigenvalue weighted by Crippen LogP contribution is 1.99. The highest BCUT2D eigenvalue weighted by Gasteiger charge is 1.93. The summed E-state index contributed by atoms with van der Waals surface area (Å²) in [6.45, 7) is 0. The fourth-order valence-corrected chi connectivity index (χ4v) is 0.760. The number of nitrogens with zero attached hydrogens (tertiary/aromatic N) is 2. The molecule has 0 bridgehead atoms. The number of rotatable bonds is 2. The van der Waals surface area contributed by atoms with E-state index in [1.807, 2.05) is 6.07 Å². The number of aromatic nitrogens is 1. The van der Waals surface area contributed by atoms with Crippen molar-refractivity contribution in [1.82, 2.24) is 4.98 Å². The lowest BCUT2D eigenvalue weighted by Gasteiger charge is -1.92. The van der Waals surface area contributed by atoms with E-state index in [1.165, 1.54) is 6.20 Å². The van der Waals surface area contributed by atoms with Gasteiger partial charge in [0.15, 0.2) is 6.29 Å². The van der Waals surface area contributed by atoms with Gasteiger partial charge in [-0.3, -0.25) is 9.78 Å². The van der Waals surface area contributed by atoms with Gasteiger partial charge in [-0.15, -0.1) is 0 Å². The van der Waals surface area contributed by atoms with Crippen LogP contribution in [0.15, 0.2) is 18.3 Å². The molecule has 1 rings (SSSR count). The molecule has 0 saturated heterocycles. The number of pyridine rings is 1. The summed E-state index contributed by atoms with van der Waals surface area (Å²) in [4.78, 5) is 14.0. The lowest BCUT2D eigenvalue weighted by atomic mass is 10.2. The maximum absolute atomic E-state index is 10.2. The van der Waals surface area contributed by atoms with E-state index in [0.29, 0.717) is 18.4 Å². The second kappa shape index (κ2) is 3.47. The molecule has 1 heterocycles. The van der Waals surface area contributed by atoms with E-state index in [-0.39, 0.29) is 0 Å². The molecule has 0 aliphatic carbocycles. The Labute approximate surface area is 64.3 Å². The third-order valence-electron chi connectivity index (χ3n) is 1.25. The molecule has 0 atom stereocenters. The van der Waals surface area contributed by atoms with E-state index < -0.39 is 0 Å². The van der Waals surface area contributed by atoms with Crippen molar-refractivity contribution in [3.05, 3.63) is 29.6 Å². The van der Waals surface area contributed by atoms with Gasteiger partial charge in [-0.25, -0.2) is 0 Å². The van der Waals surface area contributed by atoms with Crippen LogP contribution in [0.4, 0.5) is 0 Å². The molecule has 3 nitrogen and oxygen atoms in total. The maximum Gasteiger partial charge on any atom is 0.168 e. The molecule has 0 unspecified atom stereocenters. The molecule has 11 heavy (non-hydrogen) atoms. The van der Waals surface area contributed by atoms with Crippen molar-refractivity contribution in [1.29, 1.82) is 5.26 Å². The second-order valence-corrected chi connectivity index (χ2v) is 2.04. The van der Waals surface area contributed by atoms with Gasteiger partial charge < -0.3 is 0 Å². The normalized spacial score (nSPS) is 8.64. The molecule has 3 heteroatoms. The van der Waals surface area contributed by atoms with Crippen molar-refractivity contribution in [2.24, 2.45) is 0 Å². The summed E-state index contributed by atoms with van der Waals surface area (Å²) in [6.07, 6.45) is 2.51. The first-order chi connectivity index (χ1) is 5.36. The minimum Gasteiger partial charge on any atom is -0.296 e. The Morgan fingerprint density at radius 1 is 1.73 bits per heavy atom. The summed E-state index contributed by atoms with van der Waals surface area (Å²) in [7, 11) is 0. The fourth-order valence-electron chi connectivity index (χ4n) is 0.760. The van der Waals surface area contributed by atoms with Crippen molar-refractivity contribution in [2.75, 3.05) is 0 Å². The summed E-state index contributed by atoms with van der Waals surface area (Å²) < 4.78 is 0. The Balaban J connectivity index is 2.93. The Hall–Kier alpha value is -1.69. The van der Waals surface area contributed by atoms with Gasteiger partial charge in [0.25, 0.3) is 0 Å². The quantitative estimate of drug-likeness (QED) is 0.584. The minimum atomic E-state index is 0.323. The van der Waals surface area contributed by atoms with E-state index in [0.717, 1.165) is 5.56 Å². The van der Waals surface area contributed by atoms with Gasteiger partial charge in [0.2, 0.25) is 0 Å². The van der Waals surface area contributed by atoms with Gasteiger partial charge in [-0.2, -0.15) is 5.26 Å². The predicted molar refractivity (Wildman–Crippen MR) is 38.9 cm³/mol. The molecular formula is C8H6N2O. The van der Waals surface area contributed by atoms with Gasteiger partial charge in [0.05, 0.1) is 12.5 Å². The first-order valence-corrected chi connectivity index (χ1v) is 3.14. The van der Waals surface area contributed by atoms with Crippen molar-refractivity contribution in [3.8, 4) is 6.07 Å². The summed E-state index contributed by atoms with van der Waals surface area (Å²) >= 11 is 0. The molecule has 0 aliphatic rings. The largest absolute Gasteiger partial charge is 0.296 e. The Bertz CT molecular complexity index is 301. The molecule has 0 aliphatic heterocycles. The van der Waals surface area contributed by atoms with Crippen LogP contribution in [-0.4, -0.2) is 11.3 Å². The SMILES string of the molecule is N#CCc1ccnc(C=O)c1. The van der Waals surface area contributed by atoms with E-state index in [1.54, 1.807) is 12.1 Å². The Kier molecular flexibility index (Phi) is 2.34. The Morgan fingerprint density at radius 3 is 3.18 bits per heavy atom. The third kappa shape index (κ3) is 1.87. The number of nitriles is 1. The van der Waals surface area contributed by atoms with Crippen LogP contribution in [0, 0.1) is 11.3 Å². The average molecular weight is 146 g/mol. The lowest BCUT2D eigenvalue weighted by Crippen LogP contribution is -1.88. The summed E-state index contributed by atoms with van der Waals surface area (Å²) in [5.41, 5.74) is 1.20. The maximum atomic E-state index is 10.2. The molecule has 0 saturated carbocycles. The van der Waals surface area contributed by atoms with Crippen LogP contribution in [0.25, 0.3) is 0 Å². The summed E-state index contributed by atoms with van der Waals surface area (Å²) in [5, 5.41) is 8.32. The first kappa shape index (κ1) is 7.42. The standard InChI is InChI=1S/C8H6N2O/c9-3-1-7-2-4-10-8(5-7)6-11/h2,4-6H,1H2.